The van der Waals surface area contributed by atoms with Gasteiger partial charge in [-0.15, -0.1) is 0 Å². The maximum Gasteiger partial charge on any atom is 0.169 e. The van der Waals surface area contributed by atoms with Crippen molar-refractivity contribution in [3.05, 3.63) is 35.4 Å². The fourth-order valence-electron chi connectivity index (χ4n) is 2.99. The highest BCUT2D eigenvalue weighted by atomic mass is 16.5. The predicted octanol–water partition coefficient (Wildman–Crippen LogP) is 2.43. The Labute approximate surface area is 116 Å². The van der Waals surface area contributed by atoms with Crippen molar-refractivity contribution in [3.63, 3.8) is 0 Å². The van der Waals surface area contributed by atoms with Gasteiger partial charge in [0, 0.05) is 12.8 Å². The summed E-state index contributed by atoms with van der Waals surface area (Å²) in [6.07, 6.45) is 0.378. The summed E-state index contributed by atoms with van der Waals surface area (Å²) in [6, 6.07) is 7.28. The number of carbonyl (C=O) groups is 1. The predicted molar refractivity (Wildman–Crippen MR) is 75.4 cm³/mol. The maximum atomic E-state index is 12.2. The van der Waals surface area contributed by atoms with Crippen molar-refractivity contribution in [1.82, 2.24) is 0 Å². The number of phenols is 1. The van der Waals surface area contributed by atoms with E-state index in [1.54, 1.807) is 13.0 Å². The highest BCUT2D eigenvalue weighted by Gasteiger charge is 2.35. The molecular weight excluding hydrogens is 256 g/mol. The van der Waals surface area contributed by atoms with Gasteiger partial charge in [-0.2, -0.15) is 0 Å². The molecule has 2 N–H and O–H groups in total. The first-order valence-electron chi connectivity index (χ1n) is 6.50. The molecule has 0 bridgehead atoms. The van der Waals surface area contributed by atoms with E-state index in [9.17, 15) is 15.0 Å². The van der Waals surface area contributed by atoms with Gasteiger partial charge >= 0.3 is 0 Å². The molecule has 0 amide bonds. The van der Waals surface area contributed by atoms with Crippen molar-refractivity contribution in [2.75, 3.05) is 7.11 Å². The molecule has 0 aliphatic heterocycles. The SMILES string of the molecule is COc1cccc2cc3c(c(O)c12)C(=O)CC(C)(O)C3. The van der Waals surface area contributed by atoms with Gasteiger partial charge in [0.1, 0.15) is 11.5 Å². The minimum absolute atomic E-state index is 0.0220. The number of hydrogen-bond acceptors (Lipinski definition) is 4. The Bertz CT molecular complexity index is 716. The summed E-state index contributed by atoms with van der Waals surface area (Å²) in [5.41, 5.74) is -0.0543. The quantitative estimate of drug-likeness (QED) is 0.836. The lowest BCUT2D eigenvalue weighted by Gasteiger charge is -2.29. The molecule has 1 aliphatic rings. The number of aromatic hydroxyl groups is 1. The Hall–Kier alpha value is -2.07. The zero-order chi connectivity index (χ0) is 14.5. The summed E-state index contributed by atoms with van der Waals surface area (Å²) in [7, 11) is 1.53. The average molecular weight is 272 g/mol. The lowest BCUT2D eigenvalue weighted by atomic mass is 9.79. The fraction of sp³-hybridized carbons (Fsp3) is 0.312. The zero-order valence-electron chi connectivity index (χ0n) is 11.4. The number of carbonyl (C=O) groups excluding carboxylic acids is 1. The van der Waals surface area contributed by atoms with Crippen LogP contribution in [0.25, 0.3) is 10.8 Å². The summed E-state index contributed by atoms with van der Waals surface area (Å²) < 4.78 is 5.25. The van der Waals surface area contributed by atoms with Crippen LogP contribution in [0, 0.1) is 0 Å². The van der Waals surface area contributed by atoms with E-state index in [1.165, 1.54) is 7.11 Å². The molecular formula is C16H16O4. The number of fused-ring (bicyclic) bond motifs is 2. The van der Waals surface area contributed by atoms with Crippen LogP contribution < -0.4 is 4.74 Å². The van der Waals surface area contributed by atoms with Crippen LogP contribution >= 0.6 is 0 Å². The van der Waals surface area contributed by atoms with E-state index in [1.807, 2.05) is 18.2 Å². The van der Waals surface area contributed by atoms with Crippen LogP contribution in [-0.4, -0.2) is 28.7 Å². The number of hydrogen-bond donors (Lipinski definition) is 2. The van der Waals surface area contributed by atoms with Crippen LogP contribution in [0.1, 0.15) is 29.3 Å². The van der Waals surface area contributed by atoms with Gasteiger partial charge in [0.15, 0.2) is 5.78 Å². The zero-order valence-corrected chi connectivity index (χ0v) is 11.4. The topological polar surface area (TPSA) is 66.8 Å². The number of benzene rings is 2. The lowest BCUT2D eigenvalue weighted by Crippen LogP contribution is -2.35. The van der Waals surface area contributed by atoms with Gasteiger partial charge < -0.3 is 14.9 Å². The molecule has 1 unspecified atom stereocenters. The highest BCUT2D eigenvalue weighted by Crippen LogP contribution is 2.42. The molecule has 1 atom stereocenters. The van der Waals surface area contributed by atoms with Crippen molar-refractivity contribution < 1.29 is 19.7 Å². The van der Waals surface area contributed by atoms with Crippen molar-refractivity contribution in [1.29, 1.82) is 0 Å². The van der Waals surface area contributed by atoms with Crippen molar-refractivity contribution >= 4 is 16.6 Å². The first kappa shape index (κ1) is 12.9. The second-order valence-corrected chi connectivity index (χ2v) is 5.59. The van der Waals surface area contributed by atoms with Crippen LogP contribution in [0.2, 0.25) is 0 Å². The molecule has 1 aliphatic carbocycles. The molecule has 20 heavy (non-hydrogen) atoms. The number of ketones is 1. The van der Waals surface area contributed by atoms with Gasteiger partial charge in [0.05, 0.1) is 23.7 Å². The molecule has 0 saturated heterocycles. The van der Waals surface area contributed by atoms with E-state index in [-0.39, 0.29) is 18.0 Å². The van der Waals surface area contributed by atoms with E-state index in [2.05, 4.69) is 0 Å². The van der Waals surface area contributed by atoms with Crippen LogP contribution in [0.15, 0.2) is 24.3 Å². The first-order chi connectivity index (χ1) is 9.43. The molecule has 4 nitrogen and oxygen atoms in total. The van der Waals surface area contributed by atoms with E-state index < -0.39 is 5.60 Å². The molecule has 0 aromatic heterocycles. The summed E-state index contributed by atoms with van der Waals surface area (Å²) in [4.78, 5) is 12.2. The molecule has 3 rings (SSSR count). The Kier molecular flexibility index (Phi) is 2.73. The Morgan fingerprint density at radius 2 is 2.05 bits per heavy atom. The third-order valence-electron chi connectivity index (χ3n) is 3.79. The largest absolute Gasteiger partial charge is 0.506 e. The molecule has 0 fully saturated rings. The standard InChI is InChI=1S/C16H16O4/c1-16(19)7-10-6-9-4-3-5-12(20-2)14(9)15(18)13(10)11(17)8-16/h3-6,18-19H,7-8H2,1-2H3. The Balaban J connectivity index is 2.35. The average Bonchev–Trinajstić information content (AvgIpc) is 2.35. The third-order valence-corrected chi connectivity index (χ3v) is 3.79. The normalized spacial score (nSPS) is 21.9. The summed E-state index contributed by atoms with van der Waals surface area (Å²) in [5.74, 6) is 0.255. The molecule has 0 heterocycles. The number of methoxy groups -OCH3 is 1. The number of ether oxygens (including phenoxy) is 1. The van der Waals surface area contributed by atoms with Crippen LogP contribution in [-0.2, 0) is 6.42 Å². The third kappa shape index (κ3) is 1.84. The summed E-state index contributed by atoms with van der Waals surface area (Å²) >= 11 is 0. The van der Waals surface area contributed by atoms with Crippen LogP contribution in [0.5, 0.6) is 11.5 Å². The lowest BCUT2D eigenvalue weighted by molar-refractivity contribution is 0.0409. The number of aliphatic hydroxyl groups is 1. The van der Waals surface area contributed by atoms with Gasteiger partial charge in [-0.1, -0.05) is 12.1 Å². The monoisotopic (exact) mass is 272 g/mol. The minimum Gasteiger partial charge on any atom is -0.506 e. The van der Waals surface area contributed by atoms with E-state index in [0.717, 1.165) is 5.39 Å². The van der Waals surface area contributed by atoms with Gasteiger partial charge in [-0.3, -0.25) is 4.79 Å². The maximum absolute atomic E-state index is 12.2. The second-order valence-electron chi connectivity index (χ2n) is 5.59. The Morgan fingerprint density at radius 1 is 1.30 bits per heavy atom. The van der Waals surface area contributed by atoms with Gasteiger partial charge in [-0.05, 0) is 30.0 Å². The molecule has 0 radical (unpaired) electrons. The summed E-state index contributed by atoms with van der Waals surface area (Å²) in [5, 5.41) is 21.9. The fourth-order valence-corrected chi connectivity index (χ4v) is 2.99. The number of Topliss-reactive ketones (excluding diaryl/α,β-unsaturated/α-hetero) is 1. The van der Waals surface area contributed by atoms with Gasteiger partial charge in [0.2, 0.25) is 0 Å². The van der Waals surface area contributed by atoms with Crippen molar-refractivity contribution in [3.8, 4) is 11.5 Å². The van der Waals surface area contributed by atoms with Gasteiger partial charge in [-0.25, -0.2) is 0 Å². The molecule has 4 heteroatoms. The van der Waals surface area contributed by atoms with Crippen molar-refractivity contribution in [2.45, 2.75) is 25.4 Å². The smallest absolute Gasteiger partial charge is 0.169 e. The molecule has 0 spiro atoms. The van der Waals surface area contributed by atoms with Crippen LogP contribution in [0.4, 0.5) is 0 Å². The van der Waals surface area contributed by atoms with Crippen LogP contribution in [0.3, 0.4) is 0 Å². The van der Waals surface area contributed by atoms with Gasteiger partial charge in [0.25, 0.3) is 0 Å². The van der Waals surface area contributed by atoms with E-state index in [4.69, 9.17) is 4.74 Å². The Morgan fingerprint density at radius 3 is 2.75 bits per heavy atom. The molecule has 2 aromatic rings. The van der Waals surface area contributed by atoms with Crippen molar-refractivity contribution in [2.24, 2.45) is 0 Å². The second kappa shape index (κ2) is 4.21. The molecule has 0 saturated carbocycles. The first-order valence-corrected chi connectivity index (χ1v) is 6.50. The number of phenolic OH excluding ortho intramolecular Hbond substituents is 1. The highest BCUT2D eigenvalue weighted by molar-refractivity contribution is 6.08. The molecule has 2 aromatic carbocycles. The number of rotatable bonds is 1. The van der Waals surface area contributed by atoms with E-state index >= 15 is 0 Å². The summed E-state index contributed by atoms with van der Waals surface area (Å²) in [6.45, 7) is 1.64. The minimum atomic E-state index is -1.05. The van der Waals surface area contributed by atoms with E-state index in [0.29, 0.717) is 28.7 Å². The molecule has 104 valence electrons.